The molecule has 3 aromatic carbocycles. The highest BCUT2D eigenvalue weighted by Crippen LogP contribution is 2.31. The van der Waals surface area contributed by atoms with Gasteiger partial charge in [-0.1, -0.05) is 60.3 Å². The maximum atomic E-state index is 13.4. The summed E-state index contributed by atoms with van der Waals surface area (Å²) in [5.41, 5.74) is 2.28. The minimum Gasteiger partial charge on any atom is -0.293 e. The number of rotatable bonds is 6. The van der Waals surface area contributed by atoms with Crippen molar-refractivity contribution in [2.45, 2.75) is 17.3 Å². The summed E-state index contributed by atoms with van der Waals surface area (Å²) in [5.74, 6) is 0.316. The standard InChI is InChI=1S/C23H18FN3OS/c1-16(21(28)17-8-4-2-5-9-17)29-23-26-25-22(18-12-14-19(24)15-13-18)27(23)20-10-6-3-7-11-20/h2-16H,1H3/t16-/m0/s1. The molecule has 4 aromatic rings. The Balaban J connectivity index is 1.72. The van der Waals surface area contributed by atoms with Crippen molar-refractivity contribution in [2.24, 2.45) is 0 Å². The Morgan fingerprint density at radius 1 is 0.897 bits per heavy atom. The van der Waals surface area contributed by atoms with Crippen molar-refractivity contribution in [3.63, 3.8) is 0 Å². The molecule has 0 saturated heterocycles. The van der Waals surface area contributed by atoms with Crippen LogP contribution in [0.2, 0.25) is 0 Å². The molecule has 0 radical (unpaired) electrons. The number of ketones is 1. The van der Waals surface area contributed by atoms with Gasteiger partial charge in [0.2, 0.25) is 0 Å². The van der Waals surface area contributed by atoms with Crippen LogP contribution in [-0.2, 0) is 0 Å². The molecule has 1 heterocycles. The molecular formula is C23H18FN3OS. The van der Waals surface area contributed by atoms with E-state index in [2.05, 4.69) is 10.2 Å². The molecule has 1 aromatic heterocycles. The lowest BCUT2D eigenvalue weighted by atomic mass is 10.1. The van der Waals surface area contributed by atoms with Crippen LogP contribution in [0.5, 0.6) is 0 Å². The highest BCUT2D eigenvalue weighted by Gasteiger charge is 2.22. The van der Waals surface area contributed by atoms with Gasteiger partial charge in [-0.3, -0.25) is 9.36 Å². The second kappa shape index (κ2) is 8.41. The Morgan fingerprint density at radius 2 is 1.52 bits per heavy atom. The number of nitrogens with zero attached hydrogens (tertiary/aromatic N) is 3. The first kappa shape index (κ1) is 19.1. The summed E-state index contributed by atoms with van der Waals surface area (Å²) in [5, 5.41) is 8.93. The van der Waals surface area contributed by atoms with Gasteiger partial charge < -0.3 is 0 Å². The third-order valence-corrected chi connectivity index (χ3v) is 5.50. The van der Waals surface area contributed by atoms with Gasteiger partial charge >= 0.3 is 0 Å². The third-order valence-electron chi connectivity index (χ3n) is 4.46. The van der Waals surface area contributed by atoms with Crippen molar-refractivity contribution < 1.29 is 9.18 Å². The summed E-state index contributed by atoms with van der Waals surface area (Å²) in [6.45, 7) is 1.86. The number of hydrogen-bond acceptors (Lipinski definition) is 4. The van der Waals surface area contributed by atoms with Crippen LogP contribution < -0.4 is 0 Å². The summed E-state index contributed by atoms with van der Waals surface area (Å²) in [6.07, 6.45) is 0. The van der Waals surface area contributed by atoms with Crippen molar-refractivity contribution in [2.75, 3.05) is 0 Å². The second-order valence-electron chi connectivity index (χ2n) is 6.47. The minimum absolute atomic E-state index is 0.0292. The molecule has 0 aliphatic carbocycles. The topological polar surface area (TPSA) is 47.8 Å². The highest BCUT2D eigenvalue weighted by molar-refractivity contribution is 8.00. The zero-order valence-electron chi connectivity index (χ0n) is 15.7. The quantitative estimate of drug-likeness (QED) is 0.318. The van der Waals surface area contributed by atoms with E-state index in [1.54, 1.807) is 12.1 Å². The summed E-state index contributed by atoms with van der Waals surface area (Å²) in [6, 6.07) is 25.0. The van der Waals surface area contributed by atoms with Crippen molar-refractivity contribution in [3.05, 3.63) is 96.3 Å². The van der Waals surface area contributed by atoms with E-state index < -0.39 is 0 Å². The number of benzene rings is 3. The summed E-state index contributed by atoms with van der Waals surface area (Å²) >= 11 is 1.35. The first-order chi connectivity index (χ1) is 14.1. The maximum absolute atomic E-state index is 13.4. The average molecular weight is 403 g/mol. The number of hydrogen-bond donors (Lipinski definition) is 0. The highest BCUT2D eigenvalue weighted by atomic mass is 32.2. The molecule has 0 amide bonds. The molecule has 29 heavy (non-hydrogen) atoms. The van der Waals surface area contributed by atoms with Crippen molar-refractivity contribution >= 4 is 17.5 Å². The van der Waals surface area contributed by atoms with E-state index >= 15 is 0 Å². The van der Waals surface area contributed by atoms with E-state index in [-0.39, 0.29) is 16.9 Å². The Bertz CT molecular complexity index is 1110. The van der Waals surface area contributed by atoms with Gasteiger partial charge in [0.1, 0.15) is 5.82 Å². The first-order valence-electron chi connectivity index (χ1n) is 9.16. The van der Waals surface area contributed by atoms with E-state index in [1.807, 2.05) is 72.2 Å². The lowest BCUT2D eigenvalue weighted by Crippen LogP contribution is -2.14. The molecule has 0 fully saturated rings. The van der Waals surface area contributed by atoms with Gasteiger partial charge in [0.05, 0.1) is 5.25 Å². The predicted octanol–water partition coefficient (Wildman–Crippen LogP) is 5.44. The predicted molar refractivity (Wildman–Crippen MR) is 113 cm³/mol. The van der Waals surface area contributed by atoms with Gasteiger partial charge in [-0.05, 0) is 43.3 Å². The van der Waals surface area contributed by atoms with Gasteiger partial charge in [-0.15, -0.1) is 10.2 Å². The van der Waals surface area contributed by atoms with Gasteiger partial charge in [0, 0.05) is 16.8 Å². The number of Topliss-reactive ketones (excluding diaryl/α,β-unsaturated/α-hetero) is 1. The first-order valence-corrected chi connectivity index (χ1v) is 10.0. The van der Waals surface area contributed by atoms with E-state index in [0.717, 1.165) is 11.3 Å². The summed E-state index contributed by atoms with van der Waals surface area (Å²) in [4.78, 5) is 12.8. The Labute approximate surface area is 172 Å². The Morgan fingerprint density at radius 3 is 2.17 bits per heavy atom. The number of aromatic nitrogens is 3. The van der Waals surface area contributed by atoms with Gasteiger partial charge in [-0.2, -0.15) is 0 Å². The molecule has 0 unspecified atom stereocenters. The molecule has 1 atom stereocenters. The lowest BCUT2D eigenvalue weighted by Gasteiger charge is -2.13. The fourth-order valence-electron chi connectivity index (χ4n) is 2.99. The van der Waals surface area contributed by atoms with Crippen LogP contribution in [0.1, 0.15) is 17.3 Å². The molecule has 0 saturated carbocycles. The van der Waals surface area contributed by atoms with Crippen molar-refractivity contribution in [1.82, 2.24) is 14.8 Å². The average Bonchev–Trinajstić information content (AvgIpc) is 3.18. The van der Waals surface area contributed by atoms with Crippen LogP contribution in [0.25, 0.3) is 17.1 Å². The van der Waals surface area contributed by atoms with E-state index in [9.17, 15) is 9.18 Å². The lowest BCUT2D eigenvalue weighted by molar-refractivity contribution is 0.0994. The molecule has 0 aliphatic rings. The van der Waals surface area contributed by atoms with E-state index in [4.69, 9.17) is 0 Å². The zero-order valence-corrected chi connectivity index (χ0v) is 16.5. The Kier molecular flexibility index (Phi) is 5.53. The van der Waals surface area contributed by atoms with Gasteiger partial charge in [0.15, 0.2) is 16.8 Å². The second-order valence-corrected chi connectivity index (χ2v) is 7.78. The van der Waals surface area contributed by atoms with Crippen LogP contribution in [0.15, 0.2) is 90.1 Å². The largest absolute Gasteiger partial charge is 0.293 e. The molecule has 4 rings (SSSR count). The van der Waals surface area contributed by atoms with E-state index in [1.165, 1.54) is 23.9 Å². The molecule has 6 heteroatoms. The number of halogens is 1. The fourth-order valence-corrected chi connectivity index (χ4v) is 3.94. The molecule has 0 spiro atoms. The van der Waals surface area contributed by atoms with Gasteiger partial charge in [-0.25, -0.2) is 4.39 Å². The van der Waals surface area contributed by atoms with E-state index in [0.29, 0.717) is 16.5 Å². The molecule has 0 bridgehead atoms. The minimum atomic E-state index is -0.342. The van der Waals surface area contributed by atoms with Crippen LogP contribution in [-0.4, -0.2) is 25.8 Å². The molecule has 144 valence electrons. The van der Waals surface area contributed by atoms with Crippen LogP contribution in [0.3, 0.4) is 0 Å². The number of para-hydroxylation sites is 1. The summed E-state index contributed by atoms with van der Waals surface area (Å²) < 4.78 is 15.3. The zero-order chi connectivity index (χ0) is 20.2. The van der Waals surface area contributed by atoms with Crippen molar-refractivity contribution in [1.29, 1.82) is 0 Å². The molecular weight excluding hydrogens is 385 g/mol. The smallest absolute Gasteiger partial charge is 0.196 e. The number of thioether (sulfide) groups is 1. The van der Waals surface area contributed by atoms with Crippen LogP contribution in [0.4, 0.5) is 4.39 Å². The number of carbonyl (C=O) groups excluding carboxylic acids is 1. The van der Waals surface area contributed by atoms with Gasteiger partial charge in [0.25, 0.3) is 0 Å². The fraction of sp³-hybridized carbons (Fsp3) is 0.0870. The van der Waals surface area contributed by atoms with Crippen LogP contribution >= 0.6 is 11.8 Å². The monoisotopic (exact) mass is 403 g/mol. The summed E-state index contributed by atoms with van der Waals surface area (Å²) in [7, 11) is 0. The molecule has 0 N–H and O–H groups in total. The van der Waals surface area contributed by atoms with Crippen molar-refractivity contribution in [3.8, 4) is 17.1 Å². The molecule has 4 nitrogen and oxygen atoms in total. The SMILES string of the molecule is C[C@H](Sc1nnc(-c2ccc(F)cc2)n1-c1ccccc1)C(=O)c1ccccc1. The maximum Gasteiger partial charge on any atom is 0.196 e. The van der Waals surface area contributed by atoms with Crippen LogP contribution in [0, 0.1) is 5.82 Å². The molecule has 0 aliphatic heterocycles. The Hall–Kier alpha value is -3.25. The number of carbonyl (C=O) groups is 1. The normalized spacial score (nSPS) is 11.9. The third kappa shape index (κ3) is 4.12.